The van der Waals surface area contributed by atoms with Crippen LogP contribution >= 0.6 is 0 Å². The zero-order valence-corrected chi connectivity index (χ0v) is 14.6. The predicted octanol–water partition coefficient (Wildman–Crippen LogP) is 3.19. The van der Waals surface area contributed by atoms with Gasteiger partial charge >= 0.3 is 0 Å². The van der Waals surface area contributed by atoms with Crippen molar-refractivity contribution in [1.29, 1.82) is 0 Å². The first kappa shape index (κ1) is 17.1. The molecule has 6 heteroatoms. The number of rotatable bonds is 1. The number of carbonyl (C=O) groups excluding carboxylic acids is 1. The zero-order valence-electron chi connectivity index (χ0n) is 14.6. The van der Waals surface area contributed by atoms with Gasteiger partial charge in [0.25, 0.3) is 5.92 Å². The summed E-state index contributed by atoms with van der Waals surface area (Å²) in [5.74, 6) is -2.80. The van der Waals surface area contributed by atoms with Crippen LogP contribution in [0, 0.1) is 10.8 Å². The molecule has 1 unspecified atom stereocenters. The van der Waals surface area contributed by atoms with Gasteiger partial charge in [0.2, 0.25) is 5.91 Å². The molecule has 3 heterocycles. The maximum absolute atomic E-state index is 14.8. The van der Waals surface area contributed by atoms with Crippen LogP contribution in [0.3, 0.4) is 0 Å². The molecular formula is C18H25F2N3O. The lowest BCUT2D eigenvalue weighted by Gasteiger charge is -2.47. The highest BCUT2D eigenvalue weighted by molar-refractivity contribution is 5.81. The van der Waals surface area contributed by atoms with E-state index in [-0.39, 0.29) is 32.0 Å². The molecule has 2 fully saturated rings. The standard InChI is InChI=1S/C18H25F2N3O/c1-16(2,3)15(24)23-10-7-18(19,20)17(13-23)6-9-22(12-17)14-5-4-8-21-11-14/h4-5,8,11H,6-7,9-10,12-13H2,1-3H3. The fourth-order valence-corrected chi connectivity index (χ4v) is 3.81. The Morgan fingerprint density at radius 2 is 1.96 bits per heavy atom. The maximum Gasteiger partial charge on any atom is 0.258 e. The molecule has 4 nitrogen and oxygen atoms in total. The smallest absolute Gasteiger partial charge is 0.258 e. The molecule has 0 N–H and O–H groups in total. The van der Waals surface area contributed by atoms with Crippen LogP contribution in [-0.2, 0) is 4.79 Å². The van der Waals surface area contributed by atoms with Gasteiger partial charge in [-0.05, 0) is 18.6 Å². The largest absolute Gasteiger partial charge is 0.369 e. The molecule has 0 aromatic carbocycles. The molecule has 0 saturated carbocycles. The van der Waals surface area contributed by atoms with E-state index < -0.39 is 16.8 Å². The predicted molar refractivity (Wildman–Crippen MR) is 89.1 cm³/mol. The Hall–Kier alpha value is -1.72. The number of hydrogen-bond donors (Lipinski definition) is 0. The third kappa shape index (κ3) is 2.87. The number of carbonyl (C=O) groups is 1. The number of nitrogens with zero attached hydrogens (tertiary/aromatic N) is 3. The van der Waals surface area contributed by atoms with Gasteiger partial charge in [0.05, 0.1) is 17.3 Å². The van der Waals surface area contributed by atoms with E-state index in [2.05, 4.69) is 4.98 Å². The van der Waals surface area contributed by atoms with E-state index in [4.69, 9.17) is 0 Å². The SMILES string of the molecule is CC(C)(C)C(=O)N1CCC(F)(F)C2(CCN(c3cccnc3)C2)C1. The van der Waals surface area contributed by atoms with Crippen molar-refractivity contribution in [2.24, 2.45) is 10.8 Å². The van der Waals surface area contributed by atoms with Gasteiger partial charge in [0, 0.05) is 44.2 Å². The van der Waals surface area contributed by atoms with Crippen molar-refractivity contribution in [3.63, 3.8) is 0 Å². The number of anilines is 1. The lowest BCUT2D eigenvalue weighted by Crippen LogP contribution is -2.59. The Morgan fingerprint density at radius 1 is 1.21 bits per heavy atom. The summed E-state index contributed by atoms with van der Waals surface area (Å²) < 4.78 is 29.6. The number of alkyl halides is 2. The second kappa shape index (κ2) is 5.67. The minimum absolute atomic E-state index is 0.0443. The summed E-state index contributed by atoms with van der Waals surface area (Å²) in [6.07, 6.45) is 3.52. The van der Waals surface area contributed by atoms with E-state index in [1.54, 1.807) is 17.3 Å². The number of halogens is 2. The van der Waals surface area contributed by atoms with E-state index in [9.17, 15) is 13.6 Å². The van der Waals surface area contributed by atoms with E-state index >= 15 is 0 Å². The summed E-state index contributed by atoms with van der Waals surface area (Å²) in [5, 5.41) is 0. The van der Waals surface area contributed by atoms with Crippen LogP contribution in [0.15, 0.2) is 24.5 Å². The first-order valence-corrected chi connectivity index (χ1v) is 8.47. The summed E-state index contributed by atoms with van der Waals surface area (Å²) in [6.45, 7) is 6.62. The maximum atomic E-state index is 14.8. The first-order valence-electron chi connectivity index (χ1n) is 8.47. The Morgan fingerprint density at radius 3 is 2.58 bits per heavy atom. The number of pyridine rings is 1. The molecule has 1 atom stereocenters. The molecule has 0 aliphatic carbocycles. The van der Waals surface area contributed by atoms with E-state index in [1.165, 1.54) is 0 Å². The van der Waals surface area contributed by atoms with Gasteiger partial charge in [0.1, 0.15) is 0 Å². The highest BCUT2D eigenvalue weighted by atomic mass is 19.3. The molecule has 3 rings (SSSR count). The third-order valence-corrected chi connectivity index (χ3v) is 5.26. The third-order valence-electron chi connectivity index (χ3n) is 5.26. The Kier molecular flexibility index (Phi) is 4.04. The number of amides is 1. The molecule has 132 valence electrons. The Balaban J connectivity index is 1.83. The summed E-state index contributed by atoms with van der Waals surface area (Å²) in [6, 6.07) is 3.71. The molecule has 2 aliphatic rings. The molecule has 2 aliphatic heterocycles. The van der Waals surface area contributed by atoms with Crippen molar-refractivity contribution in [1.82, 2.24) is 9.88 Å². The highest BCUT2D eigenvalue weighted by Gasteiger charge is 2.60. The fraction of sp³-hybridized carbons (Fsp3) is 0.667. The van der Waals surface area contributed by atoms with Crippen molar-refractivity contribution < 1.29 is 13.6 Å². The zero-order chi connectivity index (χ0) is 17.6. The van der Waals surface area contributed by atoms with Crippen LogP contribution in [0.4, 0.5) is 14.5 Å². The minimum Gasteiger partial charge on any atom is -0.369 e. The number of piperidine rings is 1. The van der Waals surface area contributed by atoms with Gasteiger partial charge in [0.15, 0.2) is 0 Å². The molecule has 0 bridgehead atoms. The van der Waals surface area contributed by atoms with Crippen LogP contribution in [0.2, 0.25) is 0 Å². The van der Waals surface area contributed by atoms with Gasteiger partial charge in [-0.15, -0.1) is 0 Å². The van der Waals surface area contributed by atoms with Crippen LogP contribution < -0.4 is 4.90 Å². The molecule has 2 saturated heterocycles. The van der Waals surface area contributed by atoms with Crippen LogP contribution in [0.25, 0.3) is 0 Å². The molecule has 0 radical (unpaired) electrons. The monoisotopic (exact) mass is 337 g/mol. The van der Waals surface area contributed by atoms with Crippen LogP contribution in [-0.4, -0.2) is 47.9 Å². The Bertz CT molecular complexity index is 614. The van der Waals surface area contributed by atoms with Crippen molar-refractivity contribution in [2.75, 3.05) is 31.1 Å². The van der Waals surface area contributed by atoms with E-state index in [1.807, 2.05) is 37.8 Å². The molecular weight excluding hydrogens is 312 g/mol. The lowest BCUT2D eigenvalue weighted by molar-refractivity contribution is -0.173. The molecule has 1 spiro atoms. The van der Waals surface area contributed by atoms with Gasteiger partial charge in [-0.1, -0.05) is 20.8 Å². The summed E-state index contributed by atoms with van der Waals surface area (Å²) in [4.78, 5) is 20.3. The molecule has 1 aromatic rings. The van der Waals surface area contributed by atoms with Crippen LogP contribution in [0.5, 0.6) is 0 Å². The fourth-order valence-electron chi connectivity index (χ4n) is 3.81. The molecule has 1 amide bonds. The highest BCUT2D eigenvalue weighted by Crippen LogP contribution is 2.50. The number of aromatic nitrogens is 1. The van der Waals surface area contributed by atoms with Gasteiger partial charge in [-0.25, -0.2) is 8.78 Å². The minimum atomic E-state index is -2.75. The normalized spacial score (nSPS) is 26.9. The number of likely N-dealkylation sites (tertiary alicyclic amines) is 1. The summed E-state index contributed by atoms with van der Waals surface area (Å²) in [5.41, 5.74) is -0.846. The second-order valence-electron chi connectivity index (χ2n) is 8.09. The van der Waals surface area contributed by atoms with Gasteiger partial charge in [-0.3, -0.25) is 9.78 Å². The Labute approximate surface area is 141 Å². The lowest BCUT2D eigenvalue weighted by atomic mass is 9.75. The second-order valence-corrected chi connectivity index (χ2v) is 8.09. The molecule has 24 heavy (non-hydrogen) atoms. The quantitative estimate of drug-likeness (QED) is 0.790. The first-order chi connectivity index (χ1) is 11.1. The summed E-state index contributed by atoms with van der Waals surface area (Å²) >= 11 is 0. The average Bonchev–Trinajstić information content (AvgIpc) is 2.95. The van der Waals surface area contributed by atoms with Crippen LogP contribution in [0.1, 0.15) is 33.6 Å². The van der Waals surface area contributed by atoms with Gasteiger partial charge in [-0.2, -0.15) is 0 Å². The average molecular weight is 337 g/mol. The van der Waals surface area contributed by atoms with Crippen molar-refractivity contribution in [3.8, 4) is 0 Å². The van der Waals surface area contributed by atoms with Crippen molar-refractivity contribution >= 4 is 11.6 Å². The van der Waals surface area contributed by atoms with E-state index in [0.29, 0.717) is 13.0 Å². The molecule has 1 aromatic heterocycles. The van der Waals surface area contributed by atoms with Gasteiger partial charge < -0.3 is 9.80 Å². The summed E-state index contributed by atoms with van der Waals surface area (Å²) in [7, 11) is 0. The van der Waals surface area contributed by atoms with Crippen molar-refractivity contribution in [2.45, 2.75) is 39.5 Å². The van der Waals surface area contributed by atoms with E-state index in [0.717, 1.165) is 5.69 Å². The number of hydrogen-bond acceptors (Lipinski definition) is 3. The van der Waals surface area contributed by atoms with Crippen molar-refractivity contribution in [3.05, 3.63) is 24.5 Å². The topological polar surface area (TPSA) is 36.4 Å².